The van der Waals surface area contributed by atoms with Crippen molar-refractivity contribution in [1.82, 2.24) is 9.66 Å². The Kier molecular flexibility index (Phi) is 3.41. The van der Waals surface area contributed by atoms with Crippen molar-refractivity contribution < 1.29 is 4.74 Å². The van der Waals surface area contributed by atoms with Crippen LogP contribution in [-0.2, 0) is 6.42 Å². The van der Waals surface area contributed by atoms with Crippen LogP contribution in [-0.4, -0.2) is 16.8 Å². The molecule has 0 spiro atoms. The predicted octanol–water partition coefficient (Wildman–Crippen LogP) is 1.81. The molecule has 1 aromatic carbocycles. The molecule has 0 radical (unpaired) electrons. The van der Waals surface area contributed by atoms with Crippen molar-refractivity contribution in [1.29, 1.82) is 0 Å². The molecule has 1 heterocycles. The number of aromatic nitrogens is 2. The van der Waals surface area contributed by atoms with E-state index in [1.54, 1.807) is 7.11 Å². The molecule has 2 rings (SSSR count). The third-order valence-corrected chi connectivity index (χ3v) is 2.86. The number of aryl methyl sites for hydroxylation is 1. The van der Waals surface area contributed by atoms with E-state index in [-0.39, 0.29) is 0 Å². The molecule has 0 unspecified atom stereocenters. The van der Waals surface area contributed by atoms with Crippen molar-refractivity contribution in [3.63, 3.8) is 0 Å². The van der Waals surface area contributed by atoms with Crippen molar-refractivity contribution in [3.8, 4) is 17.0 Å². The van der Waals surface area contributed by atoms with Gasteiger partial charge in [-0.15, -0.1) is 0 Å². The number of anilines is 1. The average molecular weight is 246 g/mol. The van der Waals surface area contributed by atoms with Gasteiger partial charge in [0.2, 0.25) is 0 Å². The van der Waals surface area contributed by atoms with Crippen molar-refractivity contribution in [2.75, 3.05) is 18.7 Å². The zero-order valence-corrected chi connectivity index (χ0v) is 10.7. The Bertz CT molecular complexity index is 531. The Morgan fingerprint density at radius 2 is 1.94 bits per heavy atom. The smallest absolute Gasteiger partial charge is 0.150 e. The van der Waals surface area contributed by atoms with E-state index in [4.69, 9.17) is 16.3 Å². The highest BCUT2D eigenvalue weighted by Gasteiger charge is 2.13. The second-order valence-corrected chi connectivity index (χ2v) is 4.11. The molecule has 5 heteroatoms. The maximum atomic E-state index is 5.98. The molecule has 18 heavy (non-hydrogen) atoms. The number of nitrogens with zero attached hydrogens (tertiary/aromatic N) is 2. The number of benzene rings is 1. The van der Waals surface area contributed by atoms with Crippen molar-refractivity contribution in [3.05, 3.63) is 30.1 Å². The molecule has 1 aromatic heterocycles. The summed E-state index contributed by atoms with van der Waals surface area (Å²) in [5.74, 6) is 7.99. The summed E-state index contributed by atoms with van der Waals surface area (Å²) in [6.45, 7) is 2.08. The fourth-order valence-corrected chi connectivity index (χ4v) is 1.85. The van der Waals surface area contributed by atoms with Crippen LogP contribution in [0.1, 0.15) is 19.2 Å². The molecule has 0 saturated heterocycles. The fourth-order valence-electron chi connectivity index (χ4n) is 1.85. The summed E-state index contributed by atoms with van der Waals surface area (Å²) in [6, 6.07) is 7.61. The second-order valence-electron chi connectivity index (χ2n) is 4.11. The number of rotatable bonds is 4. The maximum absolute atomic E-state index is 5.98. The minimum atomic E-state index is 0.489. The van der Waals surface area contributed by atoms with Gasteiger partial charge in [-0.05, 0) is 30.7 Å². The largest absolute Gasteiger partial charge is 0.497 e. The van der Waals surface area contributed by atoms with Crippen molar-refractivity contribution in [2.24, 2.45) is 0 Å². The number of nitrogen functional groups attached to an aromatic ring is 2. The lowest BCUT2D eigenvalue weighted by Crippen LogP contribution is -2.15. The van der Waals surface area contributed by atoms with Gasteiger partial charge in [0.1, 0.15) is 17.3 Å². The average Bonchev–Trinajstić information content (AvgIpc) is 2.68. The molecule has 0 amide bonds. The van der Waals surface area contributed by atoms with Crippen LogP contribution in [0, 0.1) is 0 Å². The van der Waals surface area contributed by atoms with E-state index < -0.39 is 0 Å². The minimum Gasteiger partial charge on any atom is -0.497 e. The van der Waals surface area contributed by atoms with Gasteiger partial charge in [-0.1, -0.05) is 6.92 Å². The summed E-state index contributed by atoms with van der Waals surface area (Å²) in [6.07, 6.45) is 1.80. The van der Waals surface area contributed by atoms with Crippen molar-refractivity contribution >= 4 is 5.82 Å². The third-order valence-electron chi connectivity index (χ3n) is 2.86. The van der Waals surface area contributed by atoms with Crippen LogP contribution < -0.4 is 16.3 Å². The molecule has 4 N–H and O–H groups in total. The van der Waals surface area contributed by atoms with Crippen molar-refractivity contribution in [2.45, 2.75) is 19.8 Å². The van der Waals surface area contributed by atoms with Gasteiger partial charge in [-0.3, -0.25) is 0 Å². The van der Waals surface area contributed by atoms with Gasteiger partial charge in [0.25, 0.3) is 0 Å². The predicted molar refractivity (Wildman–Crippen MR) is 72.8 cm³/mol. The molecule has 0 aliphatic heterocycles. The van der Waals surface area contributed by atoms with Gasteiger partial charge in [-0.2, -0.15) is 0 Å². The molecule has 96 valence electrons. The van der Waals surface area contributed by atoms with Crippen LogP contribution in [0.15, 0.2) is 24.3 Å². The Hall–Kier alpha value is -2.17. The number of hydrogen-bond donors (Lipinski definition) is 2. The standard InChI is InChI=1S/C13H18N4O/c1-3-4-11-16-12(13(14)17(11)15)9-5-7-10(18-2)8-6-9/h5-8H,3-4,14-15H2,1-2H3. The summed E-state index contributed by atoms with van der Waals surface area (Å²) in [5, 5.41) is 0. The molecular formula is C13H18N4O. The number of nitrogens with two attached hydrogens (primary N) is 2. The summed E-state index contributed by atoms with van der Waals surface area (Å²) < 4.78 is 6.58. The molecule has 0 fully saturated rings. The monoisotopic (exact) mass is 246 g/mol. The maximum Gasteiger partial charge on any atom is 0.150 e. The molecular weight excluding hydrogens is 228 g/mol. The van der Waals surface area contributed by atoms with E-state index in [1.807, 2.05) is 24.3 Å². The molecule has 0 atom stereocenters. The van der Waals surface area contributed by atoms with Gasteiger partial charge in [0.15, 0.2) is 5.82 Å². The topological polar surface area (TPSA) is 79.1 Å². The zero-order chi connectivity index (χ0) is 13.1. The molecule has 0 aliphatic carbocycles. The summed E-state index contributed by atoms with van der Waals surface area (Å²) in [4.78, 5) is 4.50. The fraction of sp³-hybridized carbons (Fsp3) is 0.308. The van der Waals surface area contributed by atoms with Gasteiger partial charge >= 0.3 is 0 Å². The first-order valence-corrected chi connectivity index (χ1v) is 5.94. The molecule has 0 aliphatic rings. The highest BCUT2D eigenvalue weighted by molar-refractivity contribution is 5.71. The molecule has 0 saturated carbocycles. The van der Waals surface area contributed by atoms with Gasteiger partial charge in [0, 0.05) is 12.0 Å². The molecule has 5 nitrogen and oxygen atoms in total. The van der Waals surface area contributed by atoms with E-state index in [1.165, 1.54) is 4.68 Å². The van der Waals surface area contributed by atoms with Crippen LogP contribution in [0.25, 0.3) is 11.3 Å². The SMILES string of the molecule is CCCc1nc(-c2ccc(OC)cc2)c(N)n1N. The first kappa shape index (κ1) is 12.3. The Morgan fingerprint density at radius 3 is 2.50 bits per heavy atom. The van der Waals surface area contributed by atoms with Crippen LogP contribution >= 0.6 is 0 Å². The normalized spacial score (nSPS) is 10.6. The van der Waals surface area contributed by atoms with E-state index in [0.717, 1.165) is 35.7 Å². The quantitative estimate of drug-likeness (QED) is 0.806. The van der Waals surface area contributed by atoms with Crippen LogP contribution in [0.3, 0.4) is 0 Å². The van der Waals surface area contributed by atoms with E-state index in [9.17, 15) is 0 Å². The number of hydrogen-bond acceptors (Lipinski definition) is 4. The summed E-state index contributed by atoms with van der Waals surface area (Å²) >= 11 is 0. The Labute approximate surface area is 106 Å². The highest BCUT2D eigenvalue weighted by Crippen LogP contribution is 2.26. The highest BCUT2D eigenvalue weighted by atomic mass is 16.5. The summed E-state index contributed by atoms with van der Waals surface area (Å²) in [7, 11) is 1.64. The van der Waals surface area contributed by atoms with E-state index in [0.29, 0.717) is 5.82 Å². The number of imidazole rings is 1. The lowest BCUT2D eigenvalue weighted by atomic mass is 10.1. The summed E-state index contributed by atoms with van der Waals surface area (Å²) in [5.41, 5.74) is 7.65. The minimum absolute atomic E-state index is 0.489. The first-order chi connectivity index (χ1) is 8.67. The number of methoxy groups -OCH3 is 1. The molecule has 0 bridgehead atoms. The number of ether oxygens (including phenoxy) is 1. The Balaban J connectivity index is 2.40. The second kappa shape index (κ2) is 5.00. The van der Waals surface area contributed by atoms with Gasteiger partial charge in [0.05, 0.1) is 7.11 Å². The van der Waals surface area contributed by atoms with E-state index in [2.05, 4.69) is 11.9 Å². The lowest BCUT2D eigenvalue weighted by Gasteiger charge is -2.02. The van der Waals surface area contributed by atoms with E-state index >= 15 is 0 Å². The van der Waals surface area contributed by atoms with Gasteiger partial charge in [-0.25, -0.2) is 9.66 Å². The van der Waals surface area contributed by atoms with Crippen LogP contribution in [0.2, 0.25) is 0 Å². The lowest BCUT2D eigenvalue weighted by molar-refractivity contribution is 0.415. The first-order valence-electron chi connectivity index (χ1n) is 5.94. The zero-order valence-electron chi connectivity index (χ0n) is 10.7. The van der Waals surface area contributed by atoms with Crippen LogP contribution in [0.5, 0.6) is 5.75 Å². The molecule has 2 aromatic rings. The Morgan fingerprint density at radius 1 is 1.28 bits per heavy atom. The van der Waals surface area contributed by atoms with Crippen LogP contribution in [0.4, 0.5) is 5.82 Å². The van der Waals surface area contributed by atoms with Gasteiger partial charge < -0.3 is 16.3 Å². The third kappa shape index (κ3) is 2.11.